The van der Waals surface area contributed by atoms with Gasteiger partial charge in [-0.3, -0.25) is 4.79 Å². The van der Waals surface area contributed by atoms with Crippen LogP contribution in [0.4, 0.5) is 10.2 Å². The molecule has 0 aliphatic rings. The van der Waals surface area contributed by atoms with E-state index in [-0.39, 0.29) is 18.1 Å². The van der Waals surface area contributed by atoms with E-state index in [4.69, 9.17) is 0 Å². The molecule has 6 heteroatoms. The number of para-hydroxylation sites is 1. The van der Waals surface area contributed by atoms with E-state index in [2.05, 4.69) is 15.3 Å². The third-order valence-corrected chi connectivity index (χ3v) is 5.77. The Hall–Kier alpha value is -4.19. The number of halogens is 1. The molecule has 0 atom stereocenters. The standard InChI is InChI=1S/C27H23FN4O/c1-18-23(22-9-5-6-10-24(22)30-18)15-25(33)31-27-26(20-11-13-21(28)14-12-20)29-17-32(27)16-19-7-3-2-4-8-19/h2-14,17,30H,15-16H2,1H3,(H,31,33). The number of amides is 1. The van der Waals surface area contributed by atoms with Gasteiger partial charge in [0.1, 0.15) is 17.3 Å². The van der Waals surface area contributed by atoms with Crippen molar-refractivity contribution in [2.75, 3.05) is 5.32 Å². The maximum absolute atomic E-state index is 13.5. The number of fused-ring (bicyclic) bond motifs is 1. The number of carbonyl (C=O) groups excluding carboxylic acids is 1. The van der Waals surface area contributed by atoms with Crippen LogP contribution in [-0.2, 0) is 17.8 Å². The van der Waals surface area contributed by atoms with Crippen molar-refractivity contribution in [2.45, 2.75) is 19.9 Å². The number of aromatic amines is 1. The largest absolute Gasteiger partial charge is 0.358 e. The van der Waals surface area contributed by atoms with Crippen molar-refractivity contribution in [2.24, 2.45) is 0 Å². The molecule has 0 unspecified atom stereocenters. The Labute approximate surface area is 190 Å². The summed E-state index contributed by atoms with van der Waals surface area (Å²) in [6.07, 6.45) is 1.94. The van der Waals surface area contributed by atoms with Gasteiger partial charge in [-0.15, -0.1) is 0 Å². The highest BCUT2D eigenvalue weighted by Crippen LogP contribution is 2.29. The fourth-order valence-corrected chi connectivity index (χ4v) is 4.13. The minimum atomic E-state index is -0.317. The van der Waals surface area contributed by atoms with Crippen molar-refractivity contribution in [3.8, 4) is 11.3 Å². The number of hydrogen-bond acceptors (Lipinski definition) is 2. The van der Waals surface area contributed by atoms with Crippen LogP contribution in [-0.4, -0.2) is 20.4 Å². The molecule has 0 fully saturated rings. The third-order valence-electron chi connectivity index (χ3n) is 5.77. The van der Waals surface area contributed by atoms with Gasteiger partial charge in [-0.1, -0.05) is 48.5 Å². The maximum Gasteiger partial charge on any atom is 0.230 e. The van der Waals surface area contributed by atoms with Crippen LogP contribution in [0.1, 0.15) is 16.8 Å². The summed E-state index contributed by atoms with van der Waals surface area (Å²) in [6.45, 7) is 2.53. The lowest BCUT2D eigenvalue weighted by Crippen LogP contribution is -2.18. The lowest BCUT2D eigenvalue weighted by Gasteiger charge is -2.12. The average Bonchev–Trinajstić information content (AvgIpc) is 3.35. The molecule has 0 aliphatic carbocycles. The molecule has 2 N–H and O–H groups in total. The third kappa shape index (κ3) is 4.28. The molecule has 3 aromatic carbocycles. The minimum Gasteiger partial charge on any atom is -0.358 e. The summed E-state index contributed by atoms with van der Waals surface area (Å²) in [7, 11) is 0. The Morgan fingerprint density at radius 3 is 2.52 bits per heavy atom. The summed E-state index contributed by atoms with van der Waals surface area (Å²) in [4.78, 5) is 21.1. The first kappa shape index (κ1) is 20.7. The van der Waals surface area contributed by atoms with E-state index in [9.17, 15) is 9.18 Å². The van der Waals surface area contributed by atoms with Crippen molar-refractivity contribution < 1.29 is 9.18 Å². The number of H-pyrrole nitrogens is 1. The fourth-order valence-electron chi connectivity index (χ4n) is 4.13. The number of aromatic nitrogens is 3. The van der Waals surface area contributed by atoms with Gasteiger partial charge in [-0.25, -0.2) is 9.37 Å². The van der Waals surface area contributed by atoms with Crippen LogP contribution in [0, 0.1) is 12.7 Å². The summed E-state index contributed by atoms with van der Waals surface area (Å²) in [5.74, 6) is 0.136. The highest BCUT2D eigenvalue weighted by Gasteiger charge is 2.18. The van der Waals surface area contributed by atoms with Gasteiger partial charge in [-0.2, -0.15) is 0 Å². The Morgan fingerprint density at radius 2 is 1.73 bits per heavy atom. The quantitative estimate of drug-likeness (QED) is 0.357. The summed E-state index contributed by atoms with van der Waals surface area (Å²) in [5, 5.41) is 4.12. The van der Waals surface area contributed by atoms with E-state index in [1.165, 1.54) is 12.1 Å². The number of rotatable bonds is 6. The van der Waals surface area contributed by atoms with Crippen molar-refractivity contribution in [1.29, 1.82) is 0 Å². The fraction of sp³-hybridized carbons (Fsp3) is 0.111. The van der Waals surface area contributed by atoms with E-state index in [1.807, 2.05) is 66.1 Å². The molecule has 2 heterocycles. The molecule has 164 valence electrons. The smallest absolute Gasteiger partial charge is 0.230 e. The molecule has 0 spiro atoms. The van der Waals surface area contributed by atoms with E-state index in [1.54, 1.807) is 18.5 Å². The molecule has 5 aromatic rings. The average molecular weight is 439 g/mol. The van der Waals surface area contributed by atoms with Gasteiger partial charge >= 0.3 is 0 Å². The molecule has 1 amide bonds. The van der Waals surface area contributed by atoms with E-state index in [0.717, 1.165) is 33.3 Å². The summed E-state index contributed by atoms with van der Waals surface area (Å²) in [5.41, 5.74) is 5.39. The van der Waals surface area contributed by atoms with Crippen LogP contribution in [0.15, 0.2) is 85.2 Å². The first-order valence-electron chi connectivity index (χ1n) is 10.8. The van der Waals surface area contributed by atoms with Crippen LogP contribution >= 0.6 is 0 Å². The number of aryl methyl sites for hydroxylation is 1. The second kappa shape index (κ2) is 8.74. The molecule has 33 heavy (non-hydrogen) atoms. The van der Waals surface area contributed by atoms with Crippen LogP contribution in [0.2, 0.25) is 0 Å². The molecule has 0 aliphatic heterocycles. The van der Waals surface area contributed by atoms with E-state index >= 15 is 0 Å². The molecule has 0 saturated heterocycles. The Kier molecular flexibility index (Phi) is 5.48. The number of nitrogens with one attached hydrogen (secondary N) is 2. The van der Waals surface area contributed by atoms with Crippen molar-refractivity contribution in [1.82, 2.24) is 14.5 Å². The first-order valence-corrected chi connectivity index (χ1v) is 10.8. The topological polar surface area (TPSA) is 62.7 Å². The van der Waals surface area contributed by atoms with E-state index in [0.29, 0.717) is 18.1 Å². The maximum atomic E-state index is 13.5. The van der Waals surface area contributed by atoms with Gasteiger partial charge < -0.3 is 14.9 Å². The SMILES string of the molecule is Cc1[nH]c2ccccc2c1CC(=O)Nc1c(-c2ccc(F)cc2)ncn1Cc1ccccc1. The molecule has 2 aromatic heterocycles. The number of anilines is 1. The lowest BCUT2D eigenvalue weighted by molar-refractivity contribution is -0.115. The summed E-state index contributed by atoms with van der Waals surface area (Å²) < 4.78 is 15.4. The normalized spacial score (nSPS) is 11.1. The number of carbonyl (C=O) groups is 1. The zero-order valence-electron chi connectivity index (χ0n) is 18.2. The zero-order valence-corrected chi connectivity index (χ0v) is 18.2. The number of hydrogen-bond donors (Lipinski definition) is 2. The van der Waals surface area contributed by atoms with Crippen LogP contribution in [0.25, 0.3) is 22.2 Å². The number of imidazole rings is 1. The minimum absolute atomic E-state index is 0.138. The molecule has 0 bridgehead atoms. The number of benzene rings is 3. The van der Waals surface area contributed by atoms with Crippen LogP contribution in [0.3, 0.4) is 0 Å². The summed E-state index contributed by atoms with van der Waals surface area (Å²) >= 11 is 0. The molecule has 5 rings (SSSR count). The van der Waals surface area contributed by atoms with Gasteiger partial charge in [0.15, 0.2) is 0 Å². The van der Waals surface area contributed by atoms with Gasteiger partial charge in [0.2, 0.25) is 5.91 Å². The Morgan fingerprint density at radius 1 is 1.00 bits per heavy atom. The molecule has 0 saturated carbocycles. The van der Waals surface area contributed by atoms with Crippen molar-refractivity contribution in [3.63, 3.8) is 0 Å². The zero-order chi connectivity index (χ0) is 22.8. The predicted molar refractivity (Wildman–Crippen MR) is 129 cm³/mol. The second-order valence-corrected chi connectivity index (χ2v) is 8.06. The van der Waals surface area contributed by atoms with Gasteiger partial charge in [0, 0.05) is 22.2 Å². The molecular formula is C27H23FN4O. The Bertz CT molecular complexity index is 1420. The molecular weight excluding hydrogens is 415 g/mol. The van der Waals surface area contributed by atoms with Crippen molar-refractivity contribution in [3.05, 3.63) is 108 Å². The predicted octanol–water partition coefficient (Wildman–Crippen LogP) is 5.71. The van der Waals surface area contributed by atoms with Gasteiger partial charge in [0.05, 0.1) is 19.3 Å². The van der Waals surface area contributed by atoms with Crippen molar-refractivity contribution >= 4 is 22.6 Å². The lowest BCUT2D eigenvalue weighted by atomic mass is 10.1. The number of nitrogens with zero attached hydrogens (tertiary/aromatic N) is 2. The van der Waals surface area contributed by atoms with E-state index < -0.39 is 0 Å². The first-order chi connectivity index (χ1) is 16.1. The van der Waals surface area contributed by atoms with Crippen LogP contribution in [0.5, 0.6) is 0 Å². The monoisotopic (exact) mass is 438 g/mol. The highest BCUT2D eigenvalue weighted by atomic mass is 19.1. The second-order valence-electron chi connectivity index (χ2n) is 8.06. The Balaban J connectivity index is 1.48. The van der Waals surface area contributed by atoms with Gasteiger partial charge in [-0.05, 0) is 48.4 Å². The molecule has 5 nitrogen and oxygen atoms in total. The highest BCUT2D eigenvalue weighted by molar-refractivity contribution is 5.98. The van der Waals surface area contributed by atoms with Crippen LogP contribution < -0.4 is 5.32 Å². The van der Waals surface area contributed by atoms with Gasteiger partial charge in [0.25, 0.3) is 0 Å². The summed E-state index contributed by atoms with van der Waals surface area (Å²) in [6, 6.07) is 24.1. The molecule has 0 radical (unpaired) electrons.